The van der Waals surface area contributed by atoms with E-state index in [0.717, 1.165) is 44.9 Å². The Morgan fingerprint density at radius 1 is 0.292 bits per heavy atom. The molecular weight excluding hydrogens is 897 g/mol. The summed E-state index contributed by atoms with van der Waals surface area (Å²) in [4.78, 5) is 45.4. The van der Waals surface area contributed by atoms with Gasteiger partial charge in [0.05, 0.1) is 38.4 Å². The molecule has 0 aliphatic carbocycles. The number of hydrogen-bond donors (Lipinski definition) is 2. The lowest BCUT2D eigenvalue weighted by Crippen LogP contribution is -2.17. The summed E-state index contributed by atoms with van der Waals surface area (Å²) >= 11 is 0. The summed E-state index contributed by atoms with van der Waals surface area (Å²) < 4.78 is 10.6. The Morgan fingerprint density at radius 3 is 0.681 bits per heavy atom. The van der Waals surface area contributed by atoms with Gasteiger partial charge in [-0.2, -0.15) is 0 Å². The van der Waals surface area contributed by atoms with Gasteiger partial charge in [-0.15, -0.1) is 0 Å². The molecule has 0 rings (SSSR count). The van der Waals surface area contributed by atoms with Gasteiger partial charge in [0.1, 0.15) is 0 Å². The first-order valence-corrected chi connectivity index (χ1v) is 32.0. The number of hydrogen-bond acceptors (Lipinski definition) is 6. The number of aliphatic carboxylic acids is 2. The smallest absolute Gasteiger partial charge is 0.307 e. The van der Waals surface area contributed by atoms with E-state index in [1.165, 1.54) is 276 Å². The zero-order valence-corrected chi connectivity index (χ0v) is 48.5. The lowest BCUT2D eigenvalue weighted by Gasteiger charge is -2.09. The van der Waals surface area contributed by atoms with Crippen molar-refractivity contribution in [1.82, 2.24) is 0 Å². The molecule has 72 heavy (non-hydrogen) atoms. The van der Waals surface area contributed by atoms with Crippen molar-refractivity contribution in [3.05, 3.63) is 0 Å². The van der Waals surface area contributed by atoms with E-state index in [2.05, 4.69) is 20.8 Å². The van der Waals surface area contributed by atoms with Crippen molar-refractivity contribution in [2.75, 3.05) is 13.2 Å². The SMILES string of the molecule is CCCCCCCCCCCCCCCCCCCCC(CC(=O)O)C(=O)O.CCCCCCCCCCCCCCCCCCOC(=O)CCC(=O)OCCCCCCCCCCCCCCCCCC. The second-order valence-corrected chi connectivity index (χ2v) is 22.0. The quantitative estimate of drug-likeness (QED) is 0.0456. The fourth-order valence-electron chi connectivity index (χ4n) is 9.84. The van der Waals surface area contributed by atoms with Gasteiger partial charge in [0, 0.05) is 0 Å². The summed E-state index contributed by atoms with van der Waals surface area (Å²) in [7, 11) is 0. The molecular formula is C64H124O8. The van der Waals surface area contributed by atoms with Gasteiger partial charge in [0.15, 0.2) is 0 Å². The van der Waals surface area contributed by atoms with E-state index < -0.39 is 17.9 Å². The van der Waals surface area contributed by atoms with E-state index in [0.29, 0.717) is 19.6 Å². The molecule has 0 aliphatic rings. The summed E-state index contributed by atoms with van der Waals surface area (Å²) in [6.07, 6.45) is 66.7. The van der Waals surface area contributed by atoms with Gasteiger partial charge < -0.3 is 19.7 Å². The van der Waals surface area contributed by atoms with Crippen molar-refractivity contribution >= 4 is 23.9 Å². The molecule has 0 aromatic rings. The van der Waals surface area contributed by atoms with Gasteiger partial charge in [-0.1, -0.05) is 329 Å². The zero-order valence-electron chi connectivity index (χ0n) is 48.5. The van der Waals surface area contributed by atoms with Crippen LogP contribution in [0.3, 0.4) is 0 Å². The molecule has 0 heterocycles. The number of rotatable bonds is 59. The molecule has 0 aromatic heterocycles. The average molecular weight is 1020 g/mol. The highest BCUT2D eigenvalue weighted by Crippen LogP contribution is 2.19. The monoisotopic (exact) mass is 1020 g/mol. The molecule has 0 saturated carbocycles. The van der Waals surface area contributed by atoms with Crippen molar-refractivity contribution < 1.29 is 38.9 Å². The van der Waals surface area contributed by atoms with Gasteiger partial charge in [0.25, 0.3) is 0 Å². The summed E-state index contributed by atoms with van der Waals surface area (Å²) in [6.45, 7) is 7.79. The maximum Gasteiger partial charge on any atom is 0.307 e. The number of carbonyl (C=O) groups is 4. The Hall–Kier alpha value is -2.12. The van der Waals surface area contributed by atoms with Gasteiger partial charge >= 0.3 is 23.9 Å². The Bertz CT molecular complexity index is 1060. The van der Waals surface area contributed by atoms with Gasteiger partial charge in [-0.3, -0.25) is 19.2 Å². The molecule has 2 N–H and O–H groups in total. The van der Waals surface area contributed by atoms with E-state index >= 15 is 0 Å². The Morgan fingerprint density at radius 2 is 0.486 bits per heavy atom. The van der Waals surface area contributed by atoms with Crippen LogP contribution in [-0.2, 0) is 28.7 Å². The molecule has 0 aromatic carbocycles. The lowest BCUT2D eigenvalue weighted by atomic mass is 9.97. The number of carbonyl (C=O) groups excluding carboxylic acids is 2. The largest absolute Gasteiger partial charge is 0.481 e. The average Bonchev–Trinajstić information content (AvgIpc) is 3.36. The number of ether oxygens (including phenoxy) is 2. The predicted molar refractivity (Wildman–Crippen MR) is 307 cm³/mol. The second kappa shape index (κ2) is 63.2. The molecule has 8 nitrogen and oxygen atoms in total. The van der Waals surface area contributed by atoms with Crippen molar-refractivity contribution in [2.24, 2.45) is 5.92 Å². The molecule has 0 aliphatic heterocycles. The fraction of sp³-hybridized carbons (Fsp3) is 0.938. The van der Waals surface area contributed by atoms with E-state index in [4.69, 9.17) is 19.7 Å². The normalized spacial score (nSPS) is 11.6. The van der Waals surface area contributed by atoms with Crippen LogP contribution in [0.2, 0.25) is 0 Å². The Kier molecular flexibility index (Phi) is 63.1. The molecule has 0 spiro atoms. The maximum atomic E-state index is 11.9. The molecule has 428 valence electrons. The maximum absolute atomic E-state index is 11.9. The third-order valence-electron chi connectivity index (χ3n) is 14.7. The summed E-state index contributed by atoms with van der Waals surface area (Å²) in [6, 6.07) is 0. The molecule has 0 radical (unpaired) electrons. The minimum absolute atomic E-state index is 0.136. The third-order valence-corrected chi connectivity index (χ3v) is 14.7. The van der Waals surface area contributed by atoms with Crippen LogP contribution in [0.4, 0.5) is 0 Å². The summed E-state index contributed by atoms with van der Waals surface area (Å²) in [5.74, 6) is -3.27. The number of carboxylic acids is 2. The highest BCUT2D eigenvalue weighted by atomic mass is 16.5. The van der Waals surface area contributed by atoms with Gasteiger partial charge in [0.2, 0.25) is 0 Å². The Balaban J connectivity index is 0. The Labute approximate surface area is 447 Å². The predicted octanol–water partition coefficient (Wildman–Crippen LogP) is 21.0. The molecule has 1 unspecified atom stereocenters. The van der Waals surface area contributed by atoms with Crippen molar-refractivity contribution in [2.45, 2.75) is 367 Å². The number of esters is 2. The van der Waals surface area contributed by atoms with Crippen LogP contribution < -0.4 is 0 Å². The topological polar surface area (TPSA) is 127 Å². The van der Waals surface area contributed by atoms with Crippen molar-refractivity contribution in [3.63, 3.8) is 0 Å². The van der Waals surface area contributed by atoms with Gasteiger partial charge in [-0.25, -0.2) is 0 Å². The van der Waals surface area contributed by atoms with Crippen LogP contribution in [0.5, 0.6) is 0 Å². The van der Waals surface area contributed by atoms with E-state index in [1.54, 1.807) is 0 Å². The molecule has 1 atom stereocenters. The van der Waals surface area contributed by atoms with Crippen LogP contribution in [0.25, 0.3) is 0 Å². The van der Waals surface area contributed by atoms with E-state index in [-0.39, 0.29) is 31.2 Å². The molecule has 0 amide bonds. The lowest BCUT2D eigenvalue weighted by molar-refractivity contribution is -0.150. The summed E-state index contributed by atoms with van der Waals surface area (Å²) in [5.41, 5.74) is 0. The van der Waals surface area contributed by atoms with Crippen molar-refractivity contribution in [3.8, 4) is 0 Å². The first-order chi connectivity index (χ1) is 35.3. The first kappa shape index (κ1) is 72.0. The standard InChI is InChI=1S/C40H78O4.C24H46O4/c1-3-5-7-9-11-13-15-17-19-21-23-25-27-29-31-33-37-43-39(41)35-36-40(42)44-38-34-32-30-28-26-24-22-20-18-16-14-12-10-8-6-4-2;1-2-3-4-5-6-7-8-9-10-11-12-13-14-15-16-17-18-19-20-22(24(27)28)21-23(25)26/h3-38H2,1-2H3;22H,2-21H2,1H3,(H,25,26)(H,27,28). The van der Waals surface area contributed by atoms with Crippen LogP contribution in [0.15, 0.2) is 0 Å². The molecule has 8 heteroatoms. The molecule has 0 saturated heterocycles. The highest BCUT2D eigenvalue weighted by Gasteiger charge is 2.20. The summed E-state index contributed by atoms with van der Waals surface area (Å²) in [5, 5.41) is 17.7. The zero-order chi connectivity index (χ0) is 52.9. The van der Waals surface area contributed by atoms with Crippen LogP contribution in [0.1, 0.15) is 367 Å². The van der Waals surface area contributed by atoms with Crippen LogP contribution in [-0.4, -0.2) is 47.3 Å². The molecule has 0 fully saturated rings. The minimum atomic E-state index is -1.02. The highest BCUT2D eigenvalue weighted by molar-refractivity contribution is 5.78. The van der Waals surface area contributed by atoms with Crippen LogP contribution in [0, 0.1) is 5.92 Å². The van der Waals surface area contributed by atoms with Crippen molar-refractivity contribution in [1.29, 1.82) is 0 Å². The molecule has 0 bridgehead atoms. The van der Waals surface area contributed by atoms with Gasteiger partial charge in [-0.05, 0) is 19.3 Å². The van der Waals surface area contributed by atoms with Crippen LogP contribution >= 0.6 is 0 Å². The second-order valence-electron chi connectivity index (χ2n) is 22.0. The first-order valence-electron chi connectivity index (χ1n) is 32.0. The minimum Gasteiger partial charge on any atom is -0.481 e. The third kappa shape index (κ3) is 64.0. The van der Waals surface area contributed by atoms with E-state index in [1.807, 2.05) is 0 Å². The number of unbranched alkanes of at least 4 members (excludes halogenated alkanes) is 47. The van der Waals surface area contributed by atoms with E-state index in [9.17, 15) is 19.2 Å². The fourth-order valence-corrected chi connectivity index (χ4v) is 9.84. The number of carboxylic acid groups (broad SMARTS) is 2.